The number of carbonyl (C=O) groups is 1. The number of nitrogens with zero attached hydrogens (tertiary/aromatic N) is 1. The molecule has 0 amide bonds. The van der Waals surface area contributed by atoms with Gasteiger partial charge in [-0.3, -0.25) is 4.79 Å². The maximum atomic E-state index is 12.5. The van der Waals surface area contributed by atoms with Crippen LogP contribution in [0, 0.1) is 11.3 Å². The minimum atomic E-state index is -4.68. The van der Waals surface area contributed by atoms with Gasteiger partial charge < -0.3 is 5.11 Å². The van der Waals surface area contributed by atoms with E-state index in [4.69, 9.17) is 22.0 Å². The van der Waals surface area contributed by atoms with Crippen LogP contribution in [-0.4, -0.2) is 11.1 Å². The predicted octanol–water partition coefficient (Wildman–Crippen LogP) is 2.86. The van der Waals surface area contributed by atoms with Gasteiger partial charge in [0, 0.05) is 0 Å². The molecule has 17 heavy (non-hydrogen) atoms. The number of hydrogen-bond donors (Lipinski definition) is 1. The Kier molecular flexibility index (Phi) is 3.63. The molecular formula is C10H5ClF3NO2. The molecule has 7 heteroatoms. The number of rotatable bonds is 2. The molecular weight excluding hydrogens is 259 g/mol. The molecule has 0 bridgehead atoms. The van der Waals surface area contributed by atoms with E-state index in [0.29, 0.717) is 6.07 Å². The van der Waals surface area contributed by atoms with Gasteiger partial charge in [-0.25, -0.2) is 0 Å². The minimum Gasteiger partial charge on any atom is -0.481 e. The standard InChI is InChI=1S/C10H5ClF3NO2/c11-8-2-6(4-15)5(3-9(16)17)1-7(8)10(12,13)14/h1-2H,3H2,(H,16,17). The van der Waals surface area contributed by atoms with Gasteiger partial charge in [0.2, 0.25) is 0 Å². The van der Waals surface area contributed by atoms with Gasteiger partial charge in [0.1, 0.15) is 0 Å². The molecule has 0 saturated carbocycles. The van der Waals surface area contributed by atoms with Crippen LogP contribution in [0.1, 0.15) is 16.7 Å². The van der Waals surface area contributed by atoms with E-state index in [9.17, 15) is 18.0 Å². The lowest BCUT2D eigenvalue weighted by Gasteiger charge is -2.11. The first kappa shape index (κ1) is 13.3. The van der Waals surface area contributed by atoms with Gasteiger partial charge in [-0.15, -0.1) is 0 Å². The third-order valence-corrected chi connectivity index (χ3v) is 2.27. The first-order valence-corrected chi connectivity index (χ1v) is 4.65. The highest BCUT2D eigenvalue weighted by atomic mass is 35.5. The maximum Gasteiger partial charge on any atom is 0.417 e. The van der Waals surface area contributed by atoms with Crippen LogP contribution < -0.4 is 0 Å². The fraction of sp³-hybridized carbons (Fsp3) is 0.200. The summed E-state index contributed by atoms with van der Waals surface area (Å²) in [5, 5.41) is 16.6. The third-order valence-electron chi connectivity index (χ3n) is 1.96. The number of hydrogen-bond acceptors (Lipinski definition) is 2. The van der Waals surface area contributed by atoms with Crippen molar-refractivity contribution >= 4 is 17.6 Å². The summed E-state index contributed by atoms with van der Waals surface area (Å²) in [5.74, 6) is -1.32. The van der Waals surface area contributed by atoms with Crippen molar-refractivity contribution in [1.29, 1.82) is 5.26 Å². The largest absolute Gasteiger partial charge is 0.481 e. The van der Waals surface area contributed by atoms with Crippen molar-refractivity contribution in [3.63, 3.8) is 0 Å². The Morgan fingerprint density at radius 1 is 1.47 bits per heavy atom. The smallest absolute Gasteiger partial charge is 0.417 e. The first-order valence-electron chi connectivity index (χ1n) is 4.27. The van der Waals surface area contributed by atoms with Crippen LogP contribution in [0.3, 0.4) is 0 Å². The highest BCUT2D eigenvalue weighted by molar-refractivity contribution is 6.31. The third kappa shape index (κ3) is 3.11. The summed E-state index contributed by atoms with van der Waals surface area (Å²) in [6.07, 6.45) is -5.35. The molecule has 0 aliphatic rings. The lowest BCUT2D eigenvalue weighted by Crippen LogP contribution is -2.10. The first-order chi connectivity index (χ1) is 7.75. The predicted molar refractivity (Wildman–Crippen MR) is 52.5 cm³/mol. The van der Waals surface area contributed by atoms with E-state index in [0.717, 1.165) is 6.07 Å². The highest BCUT2D eigenvalue weighted by Crippen LogP contribution is 2.36. The van der Waals surface area contributed by atoms with Crippen molar-refractivity contribution in [2.24, 2.45) is 0 Å². The average molecular weight is 264 g/mol. The number of carboxylic acid groups (broad SMARTS) is 1. The summed E-state index contributed by atoms with van der Waals surface area (Å²) in [5.41, 5.74) is -1.53. The molecule has 0 aromatic heterocycles. The van der Waals surface area contributed by atoms with Crippen LogP contribution in [0.5, 0.6) is 0 Å². The van der Waals surface area contributed by atoms with Crippen molar-refractivity contribution in [3.05, 3.63) is 33.8 Å². The molecule has 0 fully saturated rings. The Hall–Kier alpha value is -1.74. The summed E-state index contributed by atoms with van der Waals surface area (Å²) in [7, 11) is 0. The minimum absolute atomic E-state index is 0.176. The van der Waals surface area contributed by atoms with Gasteiger partial charge in [0.25, 0.3) is 0 Å². The van der Waals surface area contributed by atoms with Gasteiger partial charge in [0.15, 0.2) is 0 Å². The lowest BCUT2D eigenvalue weighted by molar-refractivity contribution is -0.138. The number of halogens is 4. The molecule has 1 aromatic carbocycles. The normalized spacial score (nSPS) is 11.0. The van der Waals surface area contributed by atoms with Crippen LogP contribution in [-0.2, 0) is 17.4 Å². The number of carboxylic acids is 1. The zero-order valence-electron chi connectivity index (χ0n) is 8.18. The molecule has 0 aliphatic heterocycles. The molecule has 1 aromatic rings. The zero-order chi connectivity index (χ0) is 13.2. The summed E-state index contributed by atoms with van der Waals surface area (Å²) >= 11 is 5.38. The van der Waals surface area contributed by atoms with Crippen LogP contribution >= 0.6 is 11.6 Å². The van der Waals surface area contributed by atoms with E-state index in [-0.39, 0.29) is 11.1 Å². The van der Waals surface area contributed by atoms with Crippen LogP contribution in [0.2, 0.25) is 5.02 Å². The monoisotopic (exact) mass is 263 g/mol. The Labute approximate surface area is 99.0 Å². The SMILES string of the molecule is N#Cc1cc(Cl)c(C(F)(F)F)cc1CC(=O)O. The van der Waals surface area contributed by atoms with Gasteiger partial charge >= 0.3 is 12.1 Å². The second-order valence-electron chi connectivity index (χ2n) is 3.17. The van der Waals surface area contributed by atoms with Crippen LogP contribution in [0.15, 0.2) is 12.1 Å². The Morgan fingerprint density at radius 3 is 2.47 bits per heavy atom. The van der Waals surface area contributed by atoms with E-state index < -0.39 is 29.2 Å². The van der Waals surface area contributed by atoms with Gasteiger partial charge in [0.05, 0.1) is 28.6 Å². The molecule has 1 N–H and O–H groups in total. The molecule has 0 unspecified atom stereocenters. The van der Waals surface area contributed by atoms with Crippen molar-refractivity contribution in [2.75, 3.05) is 0 Å². The number of alkyl halides is 3. The quantitative estimate of drug-likeness (QED) is 0.892. The Balaban J connectivity index is 3.39. The average Bonchev–Trinajstić information content (AvgIpc) is 2.17. The van der Waals surface area contributed by atoms with Gasteiger partial charge in [-0.2, -0.15) is 18.4 Å². The summed E-state index contributed by atoms with van der Waals surface area (Å²) < 4.78 is 37.5. The molecule has 0 spiro atoms. The fourth-order valence-electron chi connectivity index (χ4n) is 1.25. The van der Waals surface area contributed by atoms with Gasteiger partial charge in [-0.1, -0.05) is 11.6 Å². The molecule has 1 rings (SSSR count). The lowest BCUT2D eigenvalue weighted by atomic mass is 10.0. The molecule has 0 saturated heterocycles. The molecule has 0 aliphatic carbocycles. The second-order valence-corrected chi connectivity index (χ2v) is 3.58. The maximum absolute atomic E-state index is 12.5. The molecule has 0 radical (unpaired) electrons. The van der Waals surface area contributed by atoms with Crippen LogP contribution in [0.25, 0.3) is 0 Å². The van der Waals surface area contributed by atoms with Crippen molar-refractivity contribution in [2.45, 2.75) is 12.6 Å². The molecule has 0 atom stereocenters. The fourth-order valence-corrected chi connectivity index (χ4v) is 1.52. The van der Waals surface area contributed by atoms with E-state index in [2.05, 4.69) is 0 Å². The van der Waals surface area contributed by atoms with E-state index in [1.165, 1.54) is 0 Å². The molecule has 3 nitrogen and oxygen atoms in total. The van der Waals surface area contributed by atoms with Crippen LogP contribution in [0.4, 0.5) is 13.2 Å². The highest BCUT2D eigenvalue weighted by Gasteiger charge is 2.34. The summed E-state index contributed by atoms with van der Waals surface area (Å²) in [4.78, 5) is 10.5. The zero-order valence-corrected chi connectivity index (χ0v) is 8.93. The molecule has 0 heterocycles. The van der Waals surface area contributed by atoms with Crippen molar-refractivity contribution < 1.29 is 23.1 Å². The van der Waals surface area contributed by atoms with Gasteiger partial charge in [-0.05, 0) is 17.7 Å². The van der Waals surface area contributed by atoms with E-state index >= 15 is 0 Å². The second kappa shape index (κ2) is 4.63. The Morgan fingerprint density at radius 2 is 2.06 bits per heavy atom. The summed E-state index contributed by atoms with van der Waals surface area (Å²) in [6, 6.07) is 3.02. The van der Waals surface area contributed by atoms with E-state index in [1.807, 2.05) is 0 Å². The number of nitriles is 1. The Bertz CT molecular complexity index is 505. The molecule has 90 valence electrons. The number of aliphatic carboxylic acids is 1. The summed E-state index contributed by atoms with van der Waals surface area (Å²) in [6.45, 7) is 0. The van der Waals surface area contributed by atoms with Crippen molar-refractivity contribution in [3.8, 4) is 6.07 Å². The van der Waals surface area contributed by atoms with Crippen molar-refractivity contribution in [1.82, 2.24) is 0 Å². The number of benzene rings is 1. The topological polar surface area (TPSA) is 61.1 Å². The van der Waals surface area contributed by atoms with E-state index in [1.54, 1.807) is 6.07 Å².